The molecule has 0 aromatic heterocycles. The number of aryl methyl sites for hydroxylation is 1. The van der Waals surface area contributed by atoms with Crippen LogP contribution in [0, 0.1) is 12.7 Å². The minimum atomic E-state index is -3.81. The van der Waals surface area contributed by atoms with Crippen molar-refractivity contribution in [3.63, 3.8) is 0 Å². The van der Waals surface area contributed by atoms with E-state index in [-0.39, 0.29) is 22.2 Å². The average Bonchev–Trinajstić information content (AvgIpc) is 2.43. The van der Waals surface area contributed by atoms with Crippen molar-refractivity contribution in [2.24, 2.45) is 5.73 Å². The highest BCUT2D eigenvalue weighted by atomic mass is 35.5. The van der Waals surface area contributed by atoms with Gasteiger partial charge in [-0.05, 0) is 48.4 Å². The van der Waals surface area contributed by atoms with E-state index in [1.165, 1.54) is 24.3 Å². The fraction of sp³-hybridized carbons (Fsp3) is 0.143. The van der Waals surface area contributed by atoms with Crippen molar-refractivity contribution in [3.05, 3.63) is 58.4 Å². The smallest absolute Gasteiger partial charge is 0.261 e. The molecule has 21 heavy (non-hydrogen) atoms. The number of anilines is 1. The van der Waals surface area contributed by atoms with Crippen molar-refractivity contribution in [3.8, 4) is 0 Å². The molecular formula is C14H14ClFN2O2S. The highest BCUT2D eigenvalue weighted by Gasteiger charge is 2.16. The van der Waals surface area contributed by atoms with E-state index in [9.17, 15) is 12.8 Å². The summed E-state index contributed by atoms with van der Waals surface area (Å²) >= 11 is 5.56. The summed E-state index contributed by atoms with van der Waals surface area (Å²) in [6, 6.07) is 8.36. The highest BCUT2D eigenvalue weighted by Crippen LogP contribution is 2.22. The first kappa shape index (κ1) is 15.8. The zero-order valence-corrected chi connectivity index (χ0v) is 12.8. The molecule has 7 heteroatoms. The maximum atomic E-state index is 13.3. The Kier molecular flexibility index (Phi) is 4.51. The molecule has 0 saturated heterocycles. The molecule has 0 heterocycles. The molecule has 112 valence electrons. The van der Waals surface area contributed by atoms with Crippen LogP contribution in [-0.2, 0) is 16.6 Å². The maximum absolute atomic E-state index is 13.3. The van der Waals surface area contributed by atoms with E-state index in [4.69, 9.17) is 17.3 Å². The lowest BCUT2D eigenvalue weighted by atomic mass is 10.1. The Morgan fingerprint density at radius 3 is 2.57 bits per heavy atom. The lowest BCUT2D eigenvalue weighted by Crippen LogP contribution is -2.14. The largest absolute Gasteiger partial charge is 0.326 e. The van der Waals surface area contributed by atoms with Gasteiger partial charge in [-0.2, -0.15) is 0 Å². The van der Waals surface area contributed by atoms with Gasteiger partial charge in [0.25, 0.3) is 10.0 Å². The third-order valence-electron chi connectivity index (χ3n) is 3.02. The number of hydrogen-bond donors (Lipinski definition) is 2. The summed E-state index contributed by atoms with van der Waals surface area (Å²) in [5.74, 6) is -0.691. The third-order valence-corrected chi connectivity index (χ3v) is 4.71. The normalized spacial score (nSPS) is 11.4. The molecule has 0 aliphatic carbocycles. The Balaban J connectivity index is 2.35. The van der Waals surface area contributed by atoms with Gasteiger partial charge in [0.1, 0.15) is 5.82 Å². The van der Waals surface area contributed by atoms with Crippen LogP contribution < -0.4 is 10.5 Å². The van der Waals surface area contributed by atoms with E-state index in [2.05, 4.69) is 4.72 Å². The van der Waals surface area contributed by atoms with Crippen molar-refractivity contribution in [2.45, 2.75) is 18.4 Å². The van der Waals surface area contributed by atoms with E-state index < -0.39 is 15.8 Å². The number of halogens is 2. The Morgan fingerprint density at radius 2 is 1.95 bits per heavy atom. The van der Waals surface area contributed by atoms with Crippen LogP contribution in [0.25, 0.3) is 0 Å². The molecule has 2 rings (SSSR count). The van der Waals surface area contributed by atoms with E-state index in [0.29, 0.717) is 0 Å². The standard InChI is InChI=1S/C14H14ClFN2O2S/c1-9-2-4-12(6-10(9)8-17)21(19,20)18-11-3-5-13(15)14(16)7-11/h2-7,18H,8,17H2,1H3. The van der Waals surface area contributed by atoms with Crippen LogP contribution >= 0.6 is 11.6 Å². The number of nitrogens with one attached hydrogen (secondary N) is 1. The fourth-order valence-corrected chi connectivity index (χ4v) is 3.03. The van der Waals surface area contributed by atoms with Gasteiger partial charge >= 0.3 is 0 Å². The van der Waals surface area contributed by atoms with Crippen LogP contribution in [0.4, 0.5) is 10.1 Å². The van der Waals surface area contributed by atoms with E-state index in [0.717, 1.165) is 17.2 Å². The topological polar surface area (TPSA) is 72.2 Å². The first-order valence-corrected chi connectivity index (χ1v) is 7.97. The number of sulfonamides is 1. The zero-order chi connectivity index (χ0) is 15.6. The van der Waals surface area contributed by atoms with E-state index in [1.54, 1.807) is 6.07 Å². The SMILES string of the molecule is Cc1ccc(S(=O)(=O)Nc2ccc(Cl)c(F)c2)cc1CN. The van der Waals surface area contributed by atoms with Crippen molar-refractivity contribution in [1.82, 2.24) is 0 Å². The molecule has 0 unspecified atom stereocenters. The first-order chi connectivity index (χ1) is 9.83. The van der Waals surface area contributed by atoms with Crippen LogP contribution in [0.5, 0.6) is 0 Å². The number of rotatable bonds is 4. The molecule has 0 spiro atoms. The van der Waals surface area contributed by atoms with Crippen molar-refractivity contribution in [1.29, 1.82) is 0 Å². The van der Waals surface area contributed by atoms with Gasteiger partial charge in [-0.3, -0.25) is 4.72 Å². The van der Waals surface area contributed by atoms with E-state index in [1.807, 2.05) is 6.92 Å². The summed E-state index contributed by atoms with van der Waals surface area (Å²) in [6.07, 6.45) is 0. The molecule has 3 N–H and O–H groups in total. The average molecular weight is 329 g/mol. The lowest BCUT2D eigenvalue weighted by Gasteiger charge is -2.11. The summed E-state index contributed by atoms with van der Waals surface area (Å²) < 4.78 is 40.2. The molecule has 0 amide bonds. The van der Waals surface area contributed by atoms with E-state index >= 15 is 0 Å². The van der Waals surface area contributed by atoms with Gasteiger partial charge in [-0.25, -0.2) is 12.8 Å². The Bertz CT molecular complexity index is 779. The predicted octanol–water partition coefficient (Wildman–Crippen LogP) is 3.05. The van der Waals surface area contributed by atoms with Crippen LogP contribution in [0.3, 0.4) is 0 Å². The van der Waals surface area contributed by atoms with Crippen LogP contribution in [-0.4, -0.2) is 8.42 Å². The summed E-state index contributed by atoms with van der Waals surface area (Å²) in [6.45, 7) is 2.09. The summed E-state index contributed by atoms with van der Waals surface area (Å²) in [4.78, 5) is 0.0731. The van der Waals surface area contributed by atoms with Gasteiger partial charge in [-0.1, -0.05) is 17.7 Å². The molecule has 0 fully saturated rings. The molecule has 0 radical (unpaired) electrons. The number of benzene rings is 2. The van der Waals surface area contributed by atoms with Gasteiger partial charge in [0.2, 0.25) is 0 Å². The third kappa shape index (κ3) is 3.53. The summed E-state index contributed by atoms with van der Waals surface area (Å²) in [5, 5.41) is -0.0706. The maximum Gasteiger partial charge on any atom is 0.261 e. The van der Waals surface area contributed by atoms with Gasteiger partial charge in [0.15, 0.2) is 0 Å². The first-order valence-electron chi connectivity index (χ1n) is 6.11. The second-order valence-corrected chi connectivity index (χ2v) is 6.62. The summed E-state index contributed by atoms with van der Waals surface area (Å²) in [7, 11) is -3.81. The predicted molar refractivity (Wildman–Crippen MR) is 81.3 cm³/mol. The van der Waals surface area contributed by atoms with Crippen molar-refractivity contribution in [2.75, 3.05) is 4.72 Å². The molecular weight excluding hydrogens is 315 g/mol. The van der Waals surface area contributed by atoms with Gasteiger partial charge in [-0.15, -0.1) is 0 Å². The van der Waals surface area contributed by atoms with Gasteiger partial charge in [0, 0.05) is 6.54 Å². The fourth-order valence-electron chi connectivity index (χ4n) is 1.81. The van der Waals surface area contributed by atoms with Crippen LogP contribution in [0.2, 0.25) is 5.02 Å². The molecule has 0 saturated carbocycles. The minimum absolute atomic E-state index is 0.0706. The van der Waals surface area contributed by atoms with Crippen molar-refractivity contribution >= 4 is 27.3 Å². The van der Waals surface area contributed by atoms with Gasteiger partial charge < -0.3 is 5.73 Å². The Labute approximate surface area is 127 Å². The second kappa shape index (κ2) is 6.01. The molecule has 0 aliphatic heterocycles. The van der Waals surface area contributed by atoms with Crippen molar-refractivity contribution < 1.29 is 12.8 Å². The van der Waals surface area contributed by atoms with Crippen LogP contribution in [0.1, 0.15) is 11.1 Å². The summed E-state index contributed by atoms with van der Waals surface area (Å²) in [5.41, 5.74) is 7.32. The Hall–Kier alpha value is -1.63. The quantitative estimate of drug-likeness (QED) is 0.906. The molecule has 2 aromatic carbocycles. The lowest BCUT2D eigenvalue weighted by molar-refractivity contribution is 0.601. The molecule has 0 atom stereocenters. The molecule has 4 nitrogen and oxygen atoms in total. The van der Waals surface area contributed by atoms with Gasteiger partial charge in [0.05, 0.1) is 15.6 Å². The number of nitrogens with two attached hydrogens (primary N) is 1. The molecule has 0 aliphatic rings. The minimum Gasteiger partial charge on any atom is -0.326 e. The molecule has 0 bridgehead atoms. The second-order valence-electron chi connectivity index (χ2n) is 4.53. The highest BCUT2D eigenvalue weighted by molar-refractivity contribution is 7.92. The van der Waals surface area contributed by atoms with Crippen LogP contribution in [0.15, 0.2) is 41.3 Å². The zero-order valence-electron chi connectivity index (χ0n) is 11.2. The number of hydrogen-bond acceptors (Lipinski definition) is 3. The Morgan fingerprint density at radius 1 is 1.24 bits per heavy atom. The monoisotopic (exact) mass is 328 g/mol. The molecule has 2 aromatic rings.